The number of aromatic nitrogens is 1. The highest BCUT2D eigenvalue weighted by Crippen LogP contribution is 2.28. The van der Waals surface area contributed by atoms with Gasteiger partial charge in [0.25, 0.3) is 5.56 Å². The Morgan fingerprint density at radius 1 is 1.00 bits per heavy atom. The second-order valence-electron chi connectivity index (χ2n) is 8.13. The van der Waals surface area contributed by atoms with Gasteiger partial charge >= 0.3 is 0 Å². The quantitative estimate of drug-likeness (QED) is 0.699. The monoisotopic (exact) mass is 403 g/mol. The summed E-state index contributed by atoms with van der Waals surface area (Å²) in [4.78, 5) is 41.9. The molecule has 2 N–H and O–H groups in total. The number of H-pyrrole nitrogens is 1. The molecule has 0 aliphatic carbocycles. The molecule has 0 radical (unpaired) electrons. The summed E-state index contributed by atoms with van der Waals surface area (Å²) in [6, 6.07) is 11.4. The molecule has 0 saturated carbocycles. The molecular weight excluding hydrogens is 378 g/mol. The van der Waals surface area contributed by atoms with E-state index in [0.717, 1.165) is 22.2 Å². The third-order valence-corrected chi connectivity index (χ3v) is 6.14. The highest BCUT2D eigenvalue weighted by Gasteiger charge is 2.35. The zero-order chi connectivity index (χ0) is 21.6. The Morgan fingerprint density at radius 2 is 1.77 bits per heavy atom. The van der Waals surface area contributed by atoms with Crippen LogP contribution < -0.4 is 15.8 Å². The van der Waals surface area contributed by atoms with Crippen LogP contribution in [0.3, 0.4) is 0 Å². The highest BCUT2D eigenvalue weighted by atomic mass is 16.2. The van der Waals surface area contributed by atoms with Crippen molar-refractivity contribution in [3.8, 4) is 0 Å². The molecule has 1 aromatic heterocycles. The van der Waals surface area contributed by atoms with E-state index >= 15 is 0 Å². The summed E-state index contributed by atoms with van der Waals surface area (Å²) in [6.45, 7) is 8.10. The number of aryl methyl sites for hydroxylation is 3. The zero-order valence-corrected chi connectivity index (χ0v) is 17.6. The topological polar surface area (TPSA) is 82.3 Å². The van der Waals surface area contributed by atoms with Crippen molar-refractivity contribution in [1.82, 2.24) is 4.98 Å². The van der Waals surface area contributed by atoms with Crippen LogP contribution in [0.2, 0.25) is 0 Å². The number of aromatic amines is 1. The predicted molar refractivity (Wildman–Crippen MR) is 119 cm³/mol. The summed E-state index contributed by atoms with van der Waals surface area (Å²) in [5.74, 6) is -0.666. The smallest absolute Gasteiger partial charge is 0.251 e. The number of pyridine rings is 1. The Labute approximate surface area is 174 Å². The SMILES string of the molecule is Cc1ccc(N2CC(C(=O)Nc3ccc4c(C)c(C)c(=O)[nH]c4c3)CC2=O)cc1C. The van der Waals surface area contributed by atoms with Gasteiger partial charge in [0.1, 0.15) is 0 Å². The van der Waals surface area contributed by atoms with Crippen molar-refractivity contribution >= 4 is 34.1 Å². The van der Waals surface area contributed by atoms with Crippen molar-refractivity contribution in [1.29, 1.82) is 0 Å². The number of nitrogens with one attached hydrogen (secondary N) is 2. The lowest BCUT2D eigenvalue weighted by molar-refractivity contribution is -0.122. The molecule has 0 bridgehead atoms. The molecule has 1 aliphatic heterocycles. The lowest BCUT2D eigenvalue weighted by Gasteiger charge is -2.18. The van der Waals surface area contributed by atoms with E-state index < -0.39 is 5.92 Å². The molecule has 6 nitrogen and oxygen atoms in total. The first-order chi connectivity index (χ1) is 14.2. The Morgan fingerprint density at radius 3 is 2.50 bits per heavy atom. The molecule has 4 rings (SSSR count). The maximum Gasteiger partial charge on any atom is 0.251 e. The molecule has 1 fully saturated rings. The van der Waals surface area contributed by atoms with Gasteiger partial charge in [-0.2, -0.15) is 0 Å². The normalized spacial score (nSPS) is 16.3. The summed E-state index contributed by atoms with van der Waals surface area (Å²) in [5, 5.41) is 3.85. The molecule has 2 heterocycles. The molecule has 2 aromatic carbocycles. The van der Waals surface area contributed by atoms with E-state index in [-0.39, 0.29) is 23.8 Å². The van der Waals surface area contributed by atoms with Crippen LogP contribution in [0.1, 0.15) is 28.7 Å². The lowest BCUT2D eigenvalue weighted by atomic mass is 10.0. The first-order valence-electron chi connectivity index (χ1n) is 10.1. The van der Waals surface area contributed by atoms with E-state index in [0.29, 0.717) is 23.3 Å². The Kier molecular flexibility index (Phi) is 4.94. The maximum absolute atomic E-state index is 12.8. The zero-order valence-electron chi connectivity index (χ0n) is 17.6. The molecule has 2 amide bonds. The van der Waals surface area contributed by atoms with Gasteiger partial charge in [0.15, 0.2) is 0 Å². The largest absolute Gasteiger partial charge is 0.326 e. The average molecular weight is 403 g/mol. The first kappa shape index (κ1) is 19.9. The van der Waals surface area contributed by atoms with Crippen molar-refractivity contribution < 1.29 is 9.59 Å². The Bertz CT molecular complexity index is 1240. The van der Waals surface area contributed by atoms with Crippen LogP contribution in [0.15, 0.2) is 41.2 Å². The number of carbonyl (C=O) groups is 2. The van der Waals surface area contributed by atoms with Gasteiger partial charge in [0, 0.05) is 35.3 Å². The van der Waals surface area contributed by atoms with Gasteiger partial charge in [-0.15, -0.1) is 0 Å². The summed E-state index contributed by atoms with van der Waals surface area (Å²) in [5.41, 5.74) is 5.88. The van der Waals surface area contributed by atoms with Gasteiger partial charge in [-0.25, -0.2) is 0 Å². The van der Waals surface area contributed by atoms with Crippen LogP contribution in [0.5, 0.6) is 0 Å². The van der Waals surface area contributed by atoms with Crippen LogP contribution in [0.4, 0.5) is 11.4 Å². The molecule has 154 valence electrons. The third kappa shape index (κ3) is 3.49. The molecular formula is C24H25N3O3. The minimum Gasteiger partial charge on any atom is -0.326 e. The Hall–Kier alpha value is -3.41. The van der Waals surface area contributed by atoms with Crippen LogP contribution in [-0.4, -0.2) is 23.3 Å². The highest BCUT2D eigenvalue weighted by molar-refractivity contribution is 6.04. The van der Waals surface area contributed by atoms with E-state index in [1.165, 1.54) is 5.56 Å². The molecule has 30 heavy (non-hydrogen) atoms. The number of nitrogens with zero attached hydrogens (tertiary/aromatic N) is 1. The summed E-state index contributed by atoms with van der Waals surface area (Å²) >= 11 is 0. The van der Waals surface area contributed by atoms with Gasteiger partial charge in [-0.1, -0.05) is 12.1 Å². The van der Waals surface area contributed by atoms with Crippen LogP contribution in [0.25, 0.3) is 10.9 Å². The second kappa shape index (κ2) is 7.44. The summed E-state index contributed by atoms with van der Waals surface area (Å²) in [6.07, 6.45) is 0.182. The van der Waals surface area contributed by atoms with Gasteiger partial charge < -0.3 is 15.2 Å². The van der Waals surface area contributed by atoms with Gasteiger partial charge in [-0.05, 0) is 68.7 Å². The number of hydrogen-bond donors (Lipinski definition) is 2. The first-order valence-corrected chi connectivity index (χ1v) is 10.1. The standard InChI is InChI=1S/C24H25N3O3/c1-13-5-7-19(9-14(13)2)27-12-17(10-22(27)28)24(30)25-18-6-8-20-15(3)16(4)23(29)26-21(20)11-18/h5-9,11,17H,10,12H2,1-4H3,(H,25,30)(H,26,29). The average Bonchev–Trinajstić information content (AvgIpc) is 3.10. The van der Waals surface area contributed by atoms with Gasteiger partial charge in [0.05, 0.1) is 11.4 Å². The fourth-order valence-corrected chi connectivity index (χ4v) is 3.91. The fourth-order valence-electron chi connectivity index (χ4n) is 3.91. The van der Waals surface area contributed by atoms with E-state index in [2.05, 4.69) is 10.3 Å². The molecule has 6 heteroatoms. The van der Waals surface area contributed by atoms with Gasteiger partial charge in [0.2, 0.25) is 11.8 Å². The molecule has 1 saturated heterocycles. The summed E-state index contributed by atoms with van der Waals surface area (Å²) in [7, 11) is 0. The third-order valence-electron chi connectivity index (χ3n) is 6.14. The molecule has 1 atom stereocenters. The van der Waals surface area contributed by atoms with Crippen LogP contribution in [-0.2, 0) is 9.59 Å². The molecule has 3 aromatic rings. The van der Waals surface area contributed by atoms with E-state index in [1.807, 2.05) is 51.1 Å². The number of carbonyl (C=O) groups excluding carboxylic acids is 2. The van der Waals surface area contributed by atoms with E-state index in [4.69, 9.17) is 0 Å². The Balaban J connectivity index is 1.53. The number of anilines is 2. The maximum atomic E-state index is 12.8. The van der Waals surface area contributed by atoms with Gasteiger partial charge in [-0.3, -0.25) is 14.4 Å². The molecule has 0 spiro atoms. The van der Waals surface area contributed by atoms with E-state index in [1.54, 1.807) is 17.9 Å². The summed E-state index contributed by atoms with van der Waals surface area (Å²) < 4.78 is 0. The van der Waals surface area contributed by atoms with Crippen molar-refractivity contribution in [3.05, 3.63) is 69.0 Å². The second-order valence-corrected chi connectivity index (χ2v) is 8.13. The van der Waals surface area contributed by atoms with Crippen molar-refractivity contribution in [2.75, 3.05) is 16.8 Å². The van der Waals surface area contributed by atoms with Crippen molar-refractivity contribution in [2.24, 2.45) is 5.92 Å². The number of rotatable bonds is 3. The predicted octanol–water partition coefficient (Wildman–Crippen LogP) is 3.75. The minimum atomic E-state index is -0.423. The van der Waals surface area contributed by atoms with Crippen LogP contribution >= 0.6 is 0 Å². The molecule has 1 aliphatic rings. The van der Waals surface area contributed by atoms with Crippen LogP contribution in [0, 0.1) is 33.6 Å². The van der Waals surface area contributed by atoms with Crippen molar-refractivity contribution in [2.45, 2.75) is 34.1 Å². The van der Waals surface area contributed by atoms with Crippen molar-refractivity contribution in [3.63, 3.8) is 0 Å². The number of fused-ring (bicyclic) bond motifs is 1. The number of amides is 2. The number of hydrogen-bond acceptors (Lipinski definition) is 3. The number of benzene rings is 2. The lowest BCUT2D eigenvalue weighted by Crippen LogP contribution is -2.28. The fraction of sp³-hybridized carbons (Fsp3) is 0.292. The van der Waals surface area contributed by atoms with E-state index in [9.17, 15) is 14.4 Å². The molecule has 1 unspecified atom stereocenters. The minimum absolute atomic E-state index is 0.0488.